The molecule has 4 heteroatoms. The van der Waals surface area contributed by atoms with Crippen molar-refractivity contribution in [1.29, 1.82) is 0 Å². The Morgan fingerprint density at radius 1 is 1.12 bits per heavy atom. The number of aryl methyl sites for hydroxylation is 2. The van der Waals surface area contributed by atoms with Gasteiger partial charge < -0.3 is 14.1 Å². The molecule has 1 spiro atoms. The summed E-state index contributed by atoms with van der Waals surface area (Å²) in [6, 6.07) is 6.07. The van der Waals surface area contributed by atoms with Crippen LogP contribution < -0.4 is 0 Å². The van der Waals surface area contributed by atoms with Crippen molar-refractivity contribution >= 4 is 16.9 Å². The van der Waals surface area contributed by atoms with Crippen LogP contribution in [0.1, 0.15) is 53.8 Å². The molecule has 0 radical (unpaired) electrons. The fourth-order valence-electron chi connectivity index (χ4n) is 4.20. The first kappa shape index (κ1) is 15.7. The number of ether oxygens (including phenoxy) is 1. The molecule has 4 rings (SSSR count). The predicted octanol–water partition coefficient (Wildman–Crippen LogP) is 4.22. The van der Waals surface area contributed by atoms with E-state index in [1.165, 1.54) is 5.56 Å². The fraction of sp³-hybridized carbons (Fsp3) is 0.550. The van der Waals surface area contributed by atoms with Gasteiger partial charge in [0.1, 0.15) is 5.58 Å². The van der Waals surface area contributed by atoms with Crippen LogP contribution in [0.3, 0.4) is 0 Å². The van der Waals surface area contributed by atoms with Crippen molar-refractivity contribution in [2.24, 2.45) is 0 Å². The van der Waals surface area contributed by atoms with E-state index in [0.717, 1.165) is 68.3 Å². The van der Waals surface area contributed by atoms with E-state index in [9.17, 15) is 4.79 Å². The minimum Gasteiger partial charge on any atom is -0.451 e. The molecule has 0 bridgehead atoms. The zero-order chi connectivity index (χ0) is 16.7. The first-order valence-corrected chi connectivity index (χ1v) is 9.01. The lowest BCUT2D eigenvalue weighted by Gasteiger charge is -2.26. The normalized spacial score (nSPS) is 24.7. The van der Waals surface area contributed by atoms with Crippen molar-refractivity contribution in [3.63, 3.8) is 0 Å². The van der Waals surface area contributed by atoms with Gasteiger partial charge in [-0.2, -0.15) is 0 Å². The van der Waals surface area contributed by atoms with Crippen LogP contribution in [0, 0.1) is 13.8 Å². The number of hydrogen-bond donors (Lipinski definition) is 0. The molecule has 0 aliphatic carbocycles. The summed E-state index contributed by atoms with van der Waals surface area (Å²) in [6.45, 7) is 6.46. The molecule has 2 aromatic rings. The summed E-state index contributed by atoms with van der Waals surface area (Å²) in [6.07, 6.45) is 5.30. The SMILES string of the molecule is Cc1ccc2oc(C(=O)N3CCC[C@]4(CCCO4)CC3)c(C)c2c1. The number of benzene rings is 1. The molecule has 2 saturated heterocycles. The van der Waals surface area contributed by atoms with E-state index in [0.29, 0.717) is 5.76 Å². The van der Waals surface area contributed by atoms with E-state index in [1.807, 2.05) is 24.0 Å². The minimum atomic E-state index is 0.0229. The van der Waals surface area contributed by atoms with Gasteiger partial charge in [-0.05, 0) is 58.1 Å². The molecule has 0 N–H and O–H groups in total. The highest BCUT2D eigenvalue weighted by molar-refractivity contribution is 5.99. The van der Waals surface area contributed by atoms with Gasteiger partial charge in [-0.15, -0.1) is 0 Å². The van der Waals surface area contributed by atoms with Crippen molar-refractivity contribution in [1.82, 2.24) is 4.90 Å². The average Bonchev–Trinajstić information content (AvgIpc) is 3.08. The maximum absolute atomic E-state index is 13.0. The smallest absolute Gasteiger partial charge is 0.289 e. The highest BCUT2D eigenvalue weighted by Crippen LogP contribution is 2.36. The Labute approximate surface area is 142 Å². The lowest BCUT2D eigenvalue weighted by atomic mass is 9.92. The maximum atomic E-state index is 13.0. The molecule has 1 aromatic carbocycles. The van der Waals surface area contributed by atoms with Crippen LogP contribution in [0.25, 0.3) is 11.0 Å². The highest BCUT2D eigenvalue weighted by atomic mass is 16.5. The van der Waals surface area contributed by atoms with Crippen LogP contribution in [0.15, 0.2) is 22.6 Å². The molecular formula is C20H25NO3. The largest absolute Gasteiger partial charge is 0.451 e. The third kappa shape index (κ3) is 2.63. The van der Waals surface area contributed by atoms with Crippen LogP contribution in [-0.4, -0.2) is 36.1 Å². The van der Waals surface area contributed by atoms with Gasteiger partial charge in [0.05, 0.1) is 5.60 Å². The monoisotopic (exact) mass is 327 g/mol. The predicted molar refractivity (Wildman–Crippen MR) is 93.4 cm³/mol. The quantitative estimate of drug-likeness (QED) is 0.787. The second-order valence-electron chi connectivity index (χ2n) is 7.34. The summed E-state index contributed by atoms with van der Waals surface area (Å²) >= 11 is 0. The van der Waals surface area contributed by atoms with Gasteiger partial charge >= 0.3 is 0 Å². The molecule has 4 nitrogen and oxygen atoms in total. The van der Waals surface area contributed by atoms with E-state index in [4.69, 9.17) is 9.15 Å². The first-order valence-electron chi connectivity index (χ1n) is 9.01. The fourth-order valence-corrected chi connectivity index (χ4v) is 4.20. The number of nitrogens with zero attached hydrogens (tertiary/aromatic N) is 1. The number of carbonyl (C=O) groups is 1. The molecule has 3 heterocycles. The van der Waals surface area contributed by atoms with Crippen LogP contribution >= 0.6 is 0 Å². The third-order valence-corrected chi connectivity index (χ3v) is 5.66. The van der Waals surface area contributed by atoms with Gasteiger partial charge in [0.25, 0.3) is 5.91 Å². The lowest BCUT2D eigenvalue weighted by molar-refractivity contribution is -0.00697. The second kappa shape index (κ2) is 5.92. The van der Waals surface area contributed by atoms with E-state index in [-0.39, 0.29) is 11.5 Å². The van der Waals surface area contributed by atoms with Gasteiger partial charge in [0.15, 0.2) is 5.76 Å². The van der Waals surface area contributed by atoms with Gasteiger partial charge in [-0.25, -0.2) is 0 Å². The van der Waals surface area contributed by atoms with Gasteiger partial charge in [-0.1, -0.05) is 11.6 Å². The Morgan fingerprint density at radius 2 is 1.96 bits per heavy atom. The van der Waals surface area contributed by atoms with Crippen molar-refractivity contribution in [3.8, 4) is 0 Å². The second-order valence-corrected chi connectivity index (χ2v) is 7.34. The lowest BCUT2D eigenvalue weighted by Crippen LogP contribution is -2.34. The molecule has 2 aliphatic rings. The molecule has 24 heavy (non-hydrogen) atoms. The number of fused-ring (bicyclic) bond motifs is 1. The van der Waals surface area contributed by atoms with Crippen molar-refractivity contribution in [3.05, 3.63) is 35.1 Å². The molecule has 0 saturated carbocycles. The zero-order valence-electron chi connectivity index (χ0n) is 14.6. The number of hydrogen-bond acceptors (Lipinski definition) is 3. The summed E-state index contributed by atoms with van der Waals surface area (Å²) in [7, 11) is 0. The molecule has 2 fully saturated rings. The zero-order valence-corrected chi connectivity index (χ0v) is 14.6. The summed E-state index contributed by atoms with van der Waals surface area (Å²) in [5.41, 5.74) is 2.96. The number of amides is 1. The number of furan rings is 1. The maximum Gasteiger partial charge on any atom is 0.289 e. The standard InChI is InChI=1S/C20H25NO3/c1-14-5-6-17-16(13-14)15(2)18(24-17)19(22)21-10-3-7-20(9-11-21)8-4-12-23-20/h5-6,13H,3-4,7-12H2,1-2H3/t20-/m0/s1. The van der Waals surface area contributed by atoms with E-state index >= 15 is 0 Å². The summed E-state index contributed by atoms with van der Waals surface area (Å²) in [5, 5.41) is 1.05. The van der Waals surface area contributed by atoms with Crippen LogP contribution in [0.2, 0.25) is 0 Å². The Bertz CT molecular complexity index is 771. The number of likely N-dealkylation sites (tertiary alicyclic amines) is 1. The Hall–Kier alpha value is -1.81. The average molecular weight is 327 g/mol. The molecule has 128 valence electrons. The Balaban J connectivity index is 1.58. The van der Waals surface area contributed by atoms with Crippen molar-refractivity contribution in [2.75, 3.05) is 19.7 Å². The molecular weight excluding hydrogens is 302 g/mol. The molecule has 1 atom stereocenters. The van der Waals surface area contributed by atoms with Gasteiger partial charge in [0.2, 0.25) is 0 Å². The van der Waals surface area contributed by atoms with Gasteiger partial charge in [0, 0.05) is 30.6 Å². The number of rotatable bonds is 1. The molecule has 1 amide bonds. The summed E-state index contributed by atoms with van der Waals surface area (Å²) < 4.78 is 11.9. The van der Waals surface area contributed by atoms with Crippen LogP contribution in [0.4, 0.5) is 0 Å². The molecule has 1 aromatic heterocycles. The van der Waals surface area contributed by atoms with Crippen LogP contribution in [0.5, 0.6) is 0 Å². The van der Waals surface area contributed by atoms with E-state index in [1.54, 1.807) is 0 Å². The topological polar surface area (TPSA) is 42.7 Å². The summed E-state index contributed by atoms with van der Waals surface area (Å²) in [4.78, 5) is 15.0. The van der Waals surface area contributed by atoms with E-state index in [2.05, 4.69) is 13.0 Å². The Kier molecular flexibility index (Phi) is 3.87. The summed E-state index contributed by atoms with van der Waals surface area (Å²) in [5.74, 6) is 0.523. The molecule has 0 unspecified atom stereocenters. The Morgan fingerprint density at radius 3 is 2.75 bits per heavy atom. The highest BCUT2D eigenvalue weighted by Gasteiger charge is 2.38. The third-order valence-electron chi connectivity index (χ3n) is 5.66. The first-order chi connectivity index (χ1) is 11.6. The van der Waals surface area contributed by atoms with Crippen molar-refractivity contribution in [2.45, 2.75) is 51.6 Å². The molecule has 2 aliphatic heterocycles. The van der Waals surface area contributed by atoms with E-state index < -0.39 is 0 Å². The van der Waals surface area contributed by atoms with Gasteiger partial charge in [-0.3, -0.25) is 4.79 Å². The number of carbonyl (C=O) groups excluding carboxylic acids is 1. The van der Waals surface area contributed by atoms with Crippen LogP contribution in [-0.2, 0) is 4.74 Å². The van der Waals surface area contributed by atoms with Crippen molar-refractivity contribution < 1.29 is 13.9 Å². The minimum absolute atomic E-state index is 0.0229.